The molecular weight excluding hydrogens is 280 g/mol. The van der Waals surface area contributed by atoms with Crippen LogP contribution < -0.4 is 0 Å². The van der Waals surface area contributed by atoms with Gasteiger partial charge in [0.1, 0.15) is 0 Å². The number of quaternary nitrogens is 1. The van der Waals surface area contributed by atoms with E-state index in [9.17, 15) is 13.3 Å². The summed E-state index contributed by atoms with van der Waals surface area (Å²) >= 11 is -0.734. The first-order valence-corrected chi connectivity index (χ1v) is 7.96. The van der Waals surface area contributed by atoms with Crippen LogP contribution in [0.4, 0.5) is 0 Å². The average molecular weight is 295 g/mol. The van der Waals surface area contributed by atoms with E-state index in [1.165, 1.54) is 21.1 Å². The third kappa shape index (κ3) is 3.38. The molecule has 0 rings (SSSR count). The van der Waals surface area contributed by atoms with Crippen LogP contribution in [0.25, 0.3) is 0 Å². The summed E-state index contributed by atoms with van der Waals surface area (Å²) in [6, 6.07) is 0. The molecule has 8 nitrogen and oxygen atoms in total. The Hall–Kier alpha value is 0.280. The first-order valence-electron chi connectivity index (χ1n) is 3.99. The van der Waals surface area contributed by atoms with E-state index in [0.717, 1.165) is 0 Å². The van der Waals surface area contributed by atoms with E-state index >= 15 is 0 Å². The monoisotopic (exact) mass is 295 g/mol. The number of nitrogens with zero attached hydrogens (tertiary/aromatic N) is 1. The zero-order chi connectivity index (χ0) is 13.4. The first-order chi connectivity index (χ1) is 6.77. The molecule has 0 saturated heterocycles. The molecule has 4 N–H and O–H groups in total. The lowest BCUT2D eigenvalue weighted by molar-refractivity contribution is -0.869. The van der Waals surface area contributed by atoms with Crippen molar-refractivity contribution in [2.45, 2.75) is 4.23 Å². The molecule has 0 heterocycles. The van der Waals surface area contributed by atoms with Gasteiger partial charge in [-0.15, -0.1) is 0 Å². The molecule has 0 aromatic carbocycles. The van der Waals surface area contributed by atoms with Gasteiger partial charge in [0.05, 0.1) is 21.1 Å². The fourth-order valence-electron chi connectivity index (χ4n) is 1.10. The Kier molecular flexibility index (Phi) is 4.59. The molecule has 0 aliphatic rings. The van der Waals surface area contributed by atoms with Crippen LogP contribution in [0.2, 0.25) is 0 Å². The molecule has 0 fully saturated rings. The fourth-order valence-corrected chi connectivity index (χ4v) is 4.89. The van der Waals surface area contributed by atoms with Crippen LogP contribution >= 0.6 is 15.2 Å². The topological polar surface area (TPSA) is 132 Å². The van der Waals surface area contributed by atoms with Crippen molar-refractivity contribution in [1.29, 1.82) is 0 Å². The molecule has 0 saturated carbocycles. The van der Waals surface area contributed by atoms with Crippen molar-refractivity contribution in [1.82, 2.24) is 0 Å². The van der Waals surface area contributed by atoms with Crippen molar-refractivity contribution in [3.8, 4) is 0 Å². The summed E-state index contributed by atoms with van der Waals surface area (Å²) in [5.41, 5.74) is 0. The van der Waals surface area contributed by atoms with Gasteiger partial charge in [0.25, 0.3) is 0 Å². The quantitative estimate of drug-likeness (QED) is 0.294. The lowest BCUT2D eigenvalue weighted by Crippen LogP contribution is -2.48. The third-order valence-electron chi connectivity index (χ3n) is 1.72. The molecule has 11 heteroatoms. The second kappa shape index (κ2) is 4.51. The summed E-state index contributed by atoms with van der Waals surface area (Å²) in [7, 11) is -6.10. The van der Waals surface area contributed by atoms with Gasteiger partial charge in [-0.1, -0.05) is 0 Å². The molecule has 0 aromatic rings. The predicted molar refractivity (Wildman–Crippen MR) is 57.8 cm³/mol. The highest BCUT2D eigenvalue weighted by molar-refractivity contribution is 7.94. The summed E-state index contributed by atoms with van der Waals surface area (Å²) in [6.07, 6.45) is 0. The molecule has 0 spiro atoms. The van der Waals surface area contributed by atoms with E-state index in [-0.39, 0.29) is 4.48 Å². The molecule has 0 aliphatic carbocycles. The highest BCUT2D eigenvalue weighted by atomic mass is 32.2. The summed E-state index contributed by atoms with van der Waals surface area (Å²) in [5.74, 6) is 0. The number of hydrogen-bond donors (Lipinski definition) is 4. The third-order valence-corrected chi connectivity index (χ3v) is 7.66. The fraction of sp³-hybridized carbons (Fsp3) is 1.00. The van der Waals surface area contributed by atoms with E-state index in [1.54, 1.807) is 0 Å². The Morgan fingerprint density at radius 1 is 1.06 bits per heavy atom. The van der Waals surface area contributed by atoms with Gasteiger partial charge >= 0.3 is 31.1 Å². The van der Waals surface area contributed by atoms with Crippen LogP contribution in [0.5, 0.6) is 0 Å². The van der Waals surface area contributed by atoms with E-state index in [4.69, 9.17) is 19.6 Å². The van der Waals surface area contributed by atoms with Crippen molar-refractivity contribution in [2.75, 3.05) is 27.7 Å². The zero-order valence-corrected chi connectivity index (χ0v) is 11.6. The smallest absolute Gasteiger partial charge is 0.325 e. The number of hydrogen-bond acceptors (Lipinski definition) is 3. The van der Waals surface area contributed by atoms with Gasteiger partial charge in [-0.2, -0.15) is 0 Å². The van der Waals surface area contributed by atoms with Crippen LogP contribution in [0.1, 0.15) is 0 Å². The summed E-state index contributed by atoms with van der Waals surface area (Å²) < 4.78 is 30.1. The minimum absolute atomic E-state index is 0.161. The van der Waals surface area contributed by atoms with Crippen molar-refractivity contribution >= 4 is 26.9 Å². The minimum Gasteiger partial charge on any atom is -0.325 e. The standard InChI is InChI=1S/C5H13NO7P2S/c1-6(2,3)4-5(16-13,14(7,8)9)15(10,11)12/h4H2,1-3H3,(H2-2,7,8,9,10,11,12)/p+2. The molecule has 0 atom stereocenters. The highest BCUT2D eigenvalue weighted by Gasteiger charge is 2.76. The minimum atomic E-state index is -5.25. The van der Waals surface area contributed by atoms with Crippen LogP contribution in [0.3, 0.4) is 0 Å². The Morgan fingerprint density at radius 3 is 1.44 bits per heavy atom. The molecule has 0 unspecified atom stereocenters. The lowest BCUT2D eigenvalue weighted by atomic mass is 10.5. The molecule has 0 radical (unpaired) electrons. The van der Waals surface area contributed by atoms with E-state index in [0.29, 0.717) is 0 Å². The molecule has 0 bridgehead atoms. The van der Waals surface area contributed by atoms with Crippen LogP contribution in [0.15, 0.2) is 0 Å². The van der Waals surface area contributed by atoms with E-state index in [2.05, 4.69) is 0 Å². The van der Waals surface area contributed by atoms with Gasteiger partial charge < -0.3 is 24.1 Å². The zero-order valence-electron chi connectivity index (χ0n) is 8.97. The van der Waals surface area contributed by atoms with Crippen molar-refractivity contribution in [3.63, 3.8) is 0 Å². The summed E-state index contributed by atoms with van der Waals surface area (Å²) in [6.45, 7) is -0.643. The van der Waals surface area contributed by atoms with Gasteiger partial charge in [0.2, 0.25) is 0 Å². The highest BCUT2D eigenvalue weighted by Crippen LogP contribution is 2.69. The van der Waals surface area contributed by atoms with Gasteiger partial charge in [0.15, 0.2) is 6.54 Å². The van der Waals surface area contributed by atoms with E-state index < -0.39 is 37.6 Å². The molecule has 0 amide bonds. The van der Waals surface area contributed by atoms with Crippen LogP contribution in [0, 0.1) is 0 Å². The predicted octanol–water partition coefficient (Wildman–Crippen LogP) is -0.870. The molecular formula is C5H15NO7P2S+2. The molecule has 16 heavy (non-hydrogen) atoms. The Labute approximate surface area is 96.7 Å². The SMILES string of the molecule is C[N+](C)(C)CC([S+]=O)(P(=O)(O)O)P(=O)(O)O. The van der Waals surface area contributed by atoms with Gasteiger partial charge in [-0.3, -0.25) is 9.13 Å². The van der Waals surface area contributed by atoms with Gasteiger partial charge in [-0.25, -0.2) is 0 Å². The maximum absolute atomic E-state index is 11.2. The van der Waals surface area contributed by atoms with Crippen molar-refractivity contribution in [3.05, 3.63) is 0 Å². The Bertz CT molecular complexity index is 343. The summed E-state index contributed by atoms with van der Waals surface area (Å²) in [5, 5.41) is 0. The first kappa shape index (κ1) is 16.3. The lowest BCUT2D eigenvalue weighted by Gasteiger charge is -2.29. The normalized spacial score (nSPS) is 14.9. The Balaban J connectivity index is 5.80. The second-order valence-corrected chi connectivity index (χ2v) is 9.89. The van der Waals surface area contributed by atoms with Crippen molar-refractivity contribution in [2.24, 2.45) is 0 Å². The Morgan fingerprint density at radius 2 is 1.38 bits per heavy atom. The maximum atomic E-state index is 11.2. The molecule has 96 valence electrons. The van der Waals surface area contributed by atoms with Crippen LogP contribution in [-0.2, 0) is 25.0 Å². The molecule has 0 aromatic heterocycles. The van der Waals surface area contributed by atoms with Gasteiger partial charge in [-0.05, 0) is 0 Å². The maximum Gasteiger partial charge on any atom is 0.499 e. The number of rotatable bonds is 5. The molecule has 0 aliphatic heterocycles. The van der Waals surface area contributed by atoms with E-state index in [1.807, 2.05) is 0 Å². The van der Waals surface area contributed by atoms with Crippen molar-refractivity contribution < 1.29 is 37.4 Å². The van der Waals surface area contributed by atoms with Crippen LogP contribution in [-0.4, -0.2) is 56.0 Å². The van der Waals surface area contributed by atoms with Gasteiger partial charge in [0, 0.05) is 4.21 Å². The summed E-state index contributed by atoms with van der Waals surface area (Å²) in [4.78, 5) is 36.1. The second-order valence-electron chi connectivity index (χ2n) is 4.36. The average Bonchev–Trinajstić information content (AvgIpc) is 1.93. The largest absolute Gasteiger partial charge is 0.499 e.